The third-order valence-corrected chi connectivity index (χ3v) is 6.23. The number of ether oxygens (including phenoxy) is 1. The maximum Gasteiger partial charge on any atom is 0.410 e. The van der Waals surface area contributed by atoms with Crippen molar-refractivity contribution in [3.05, 3.63) is 36.7 Å². The monoisotopic (exact) mass is 476 g/mol. The zero-order chi connectivity index (χ0) is 24.2. The lowest BCUT2D eigenvalue weighted by molar-refractivity contribution is 0.0186. The molecule has 10 nitrogen and oxygen atoms in total. The van der Waals surface area contributed by atoms with E-state index in [0.717, 1.165) is 25.2 Å². The highest BCUT2D eigenvalue weighted by Gasteiger charge is 2.27. The molecule has 0 atom stereocenters. The molecule has 1 fully saturated rings. The second-order valence-corrected chi connectivity index (χ2v) is 10.8. The van der Waals surface area contributed by atoms with E-state index in [9.17, 15) is 13.2 Å². The van der Waals surface area contributed by atoms with E-state index in [-0.39, 0.29) is 11.0 Å². The number of rotatable bonds is 6. The van der Waals surface area contributed by atoms with Gasteiger partial charge in [0.25, 0.3) is 0 Å². The molecule has 3 N–H and O–H groups in total. The molecular formula is C22H32N6O4S. The van der Waals surface area contributed by atoms with Gasteiger partial charge in [-0.05, 0) is 63.8 Å². The molecule has 3 rings (SSSR count). The van der Waals surface area contributed by atoms with Gasteiger partial charge in [0.05, 0.1) is 4.90 Å². The van der Waals surface area contributed by atoms with Crippen LogP contribution in [0.25, 0.3) is 0 Å². The summed E-state index contributed by atoms with van der Waals surface area (Å²) in [6, 6.07) is 7.97. The summed E-state index contributed by atoms with van der Waals surface area (Å²) in [5, 5.41) is 8.28. The molecule has 0 aliphatic carbocycles. The Bertz CT molecular complexity index is 1060. The number of nitrogens with zero attached hydrogens (tertiary/aromatic N) is 4. The van der Waals surface area contributed by atoms with Gasteiger partial charge in [-0.15, -0.1) is 0 Å². The van der Waals surface area contributed by atoms with Crippen LogP contribution >= 0.6 is 0 Å². The zero-order valence-electron chi connectivity index (χ0n) is 19.5. The van der Waals surface area contributed by atoms with Crippen LogP contribution in [0.3, 0.4) is 0 Å². The summed E-state index contributed by atoms with van der Waals surface area (Å²) in [6.45, 7) is 7.78. The van der Waals surface area contributed by atoms with E-state index in [2.05, 4.69) is 20.2 Å². The van der Waals surface area contributed by atoms with Crippen molar-refractivity contribution in [1.82, 2.24) is 14.9 Å². The van der Waals surface area contributed by atoms with Crippen molar-refractivity contribution in [1.29, 1.82) is 0 Å². The van der Waals surface area contributed by atoms with Gasteiger partial charge in [0.1, 0.15) is 23.6 Å². The number of hydrogen-bond donors (Lipinski definition) is 2. The van der Waals surface area contributed by atoms with Crippen molar-refractivity contribution in [3.8, 4) is 0 Å². The van der Waals surface area contributed by atoms with Crippen molar-refractivity contribution in [2.75, 3.05) is 36.9 Å². The average molecular weight is 477 g/mol. The first-order chi connectivity index (χ1) is 15.4. The van der Waals surface area contributed by atoms with Crippen molar-refractivity contribution in [2.45, 2.75) is 44.1 Å². The fraction of sp³-hybridized carbons (Fsp3) is 0.500. The summed E-state index contributed by atoms with van der Waals surface area (Å²) in [6.07, 6.45) is 3.03. The number of nitrogens with one attached hydrogen (secondary N) is 1. The summed E-state index contributed by atoms with van der Waals surface area (Å²) in [4.78, 5) is 24.8. The highest BCUT2D eigenvalue weighted by atomic mass is 32.2. The van der Waals surface area contributed by atoms with Gasteiger partial charge in [-0.1, -0.05) is 0 Å². The lowest BCUT2D eigenvalue weighted by Gasteiger charge is -2.35. The Morgan fingerprint density at radius 1 is 1.21 bits per heavy atom. The molecule has 1 aliphatic heterocycles. The quantitative estimate of drug-likeness (QED) is 0.651. The molecule has 11 heteroatoms. The van der Waals surface area contributed by atoms with Crippen LogP contribution in [0.2, 0.25) is 0 Å². The summed E-state index contributed by atoms with van der Waals surface area (Å²) in [5.74, 6) is 1.80. The number of benzene rings is 1. The number of likely N-dealkylation sites (tertiary alicyclic amines) is 1. The van der Waals surface area contributed by atoms with Crippen LogP contribution in [-0.2, 0) is 14.8 Å². The molecule has 2 aromatic rings. The summed E-state index contributed by atoms with van der Waals surface area (Å²) >= 11 is 0. The molecule has 0 unspecified atom stereocenters. The first-order valence-electron chi connectivity index (χ1n) is 10.8. The fourth-order valence-electron chi connectivity index (χ4n) is 3.61. The molecule has 0 spiro atoms. The number of anilines is 3. The molecule has 1 aliphatic rings. The van der Waals surface area contributed by atoms with E-state index in [4.69, 9.17) is 9.88 Å². The van der Waals surface area contributed by atoms with Gasteiger partial charge in [-0.3, -0.25) is 0 Å². The maximum absolute atomic E-state index is 12.3. The number of piperidine rings is 1. The third kappa shape index (κ3) is 7.29. The number of amides is 1. The minimum atomic E-state index is -3.73. The van der Waals surface area contributed by atoms with E-state index in [0.29, 0.717) is 30.5 Å². The van der Waals surface area contributed by atoms with Gasteiger partial charge in [0, 0.05) is 38.4 Å². The van der Waals surface area contributed by atoms with Crippen molar-refractivity contribution in [3.63, 3.8) is 0 Å². The Morgan fingerprint density at radius 2 is 1.85 bits per heavy atom. The van der Waals surface area contributed by atoms with Crippen LogP contribution in [0.5, 0.6) is 0 Å². The molecule has 0 bridgehead atoms. The van der Waals surface area contributed by atoms with Crippen molar-refractivity contribution >= 4 is 33.4 Å². The third-order valence-electron chi connectivity index (χ3n) is 5.30. The molecule has 1 aromatic heterocycles. The molecule has 33 heavy (non-hydrogen) atoms. The van der Waals surface area contributed by atoms with Gasteiger partial charge < -0.3 is 19.9 Å². The first kappa shape index (κ1) is 24.7. The molecule has 2 heterocycles. The second-order valence-electron chi connectivity index (χ2n) is 9.25. The van der Waals surface area contributed by atoms with E-state index >= 15 is 0 Å². The molecular weight excluding hydrogens is 444 g/mol. The molecule has 1 aromatic carbocycles. The van der Waals surface area contributed by atoms with Gasteiger partial charge in [-0.25, -0.2) is 28.3 Å². The maximum atomic E-state index is 12.3. The van der Waals surface area contributed by atoms with Gasteiger partial charge >= 0.3 is 6.09 Å². The van der Waals surface area contributed by atoms with Crippen LogP contribution in [0.4, 0.5) is 22.1 Å². The lowest BCUT2D eigenvalue weighted by atomic mass is 9.96. The summed E-state index contributed by atoms with van der Waals surface area (Å²) in [7, 11) is -1.75. The van der Waals surface area contributed by atoms with Crippen LogP contribution in [0.15, 0.2) is 41.6 Å². The average Bonchev–Trinajstić information content (AvgIpc) is 2.73. The largest absolute Gasteiger partial charge is 0.444 e. The lowest BCUT2D eigenvalue weighted by Crippen LogP contribution is -2.43. The normalized spacial score (nSPS) is 15.2. The Kier molecular flexibility index (Phi) is 7.43. The van der Waals surface area contributed by atoms with Crippen LogP contribution in [0, 0.1) is 5.92 Å². The second kappa shape index (κ2) is 9.92. The molecule has 1 amide bonds. The van der Waals surface area contributed by atoms with Gasteiger partial charge in [0.2, 0.25) is 10.0 Å². The van der Waals surface area contributed by atoms with E-state index in [1.807, 2.05) is 33.9 Å². The van der Waals surface area contributed by atoms with Gasteiger partial charge in [0.15, 0.2) is 0 Å². The molecule has 0 saturated carbocycles. The molecule has 180 valence electrons. The highest BCUT2D eigenvalue weighted by Crippen LogP contribution is 2.24. The smallest absolute Gasteiger partial charge is 0.410 e. The summed E-state index contributed by atoms with van der Waals surface area (Å²) < 4.78 is 28.3. The number of sulfonamides is 1. The SMILES string of the molecule is CN(CC1CCN(C(=O)OC(C)(C)C)CC1)c1cc(Nc2ccc(S(N)(=O)=O)cc2)ncn1. The number of hydrogen-bond acceptors (Lipinski definition) is 8. The van der Waals surface area contributed by atoms with E-state index < -0.39 is 15.6 Å². The predicted molar refractivity (Wildman–Crippen MR) is 127 cm³/mol. The fourth-order valence-corrected chi connectivity index (χ4v) is 4.12. The van der Waals surface area contributed by atoms with E-state index in [1.54, 1.807) is 17.0 Å². The minimum Gasteiger partial charge on any atom is -0.444 e. The number of carbonyl (C=O) groups is 1. The first-order valence-corrected chi connectivity index (χ1v) is 12.4. The Balaban J connectivity index is 1.55. The van der Waals surface area contributed by atoms with Crippen LogP contribution in [0.1, 0.15) is 33.6 Å². The number of aromatic nitrogens is 2. The van der Waals surface area contributed by atoms with Crippen molar-refractivity contribution in [2.24, 2.45) is 11.1 Å². The minimum absolute atomic E-state index is 0.0499. The number of nitrogens with two attached hydrogens (primary N) is 1. The van der Waals surface area contributed by atoms with E-state index in [1.165, 1.54) is 18.5 Å². The highest BCUT2D eigenvalue weighted by molar-refractivity contribution is 7.89. The van der Waals surface area contributed by atoms with Crippen LogP contribution in [-0.4, -0.2) is 61.7 Å². The number of carbonyl (C=O) groups excluding carboxylic acids is 1. The summed E-state index contributed by atoms with van der Waals surface area (Å²) in [5.41, 5.74) is 0.195. The topological polar surface area (TPSA) is 131 Å². The Labute approximate surface area is 195 Å². The van der Waals surface area contributed by atoms with Gasteiger partial charge in [-0.2, -0.15) is 0 Å². The standard InChI is InChI=1S/C22H32N6O4S/c1-22(2,3)32-21(29)28-11-9-16(10-12-28)14-27(4)20-13-19(24-15-25-20)26-17-5-7-18(8-6-17)33(23,30)31/h5-8,13,15-16H,9-12,14H2,1-4H3,(H2,23,30,31)(H,24,25,26). The molecule has 0 radical (unpaired) electrons. The Hall–Kier alpha value is -2.92. The van der Waals surface area contributed by atoms with Crippen LogP contribution < -0.4 is 15.4 Å². The predicted octanol–water partition coefficient (Wildman–Crippen LogP) is 2.95. The zero-order valence-corrected chi connectivity index (χ0v) is 20.3. The number of primary sulfonamides is 1. The molecule has 1 saturated heterocycles. The Morgan fingerprint density at radius 3 is 2.42 bits per heavy atom. The van der Waals surface area contributed by atoms with Crippen molar-refractivity contribution < 1.29 is 17.9 Å².